The molecule has 1 heterocycles. The second-order valence-electron chi connectivity index (χ2n) is 7.67. The van der Waals surface area contributed by atoms with Crippen LogP contribution in [-0.2, 0) is 6.42 Å². The first-order valence-electron chi connectivity index (χ1n) is 11.1. The second-order valence-corrected chi connectivity index (χ2v) is 7.67. The number of benzene rings is 2. The topological polar surface area (TPSA) is 22.1 Å². The van der Waals surface area contributed by atoms with Gasteiger partial charge >= 0.3 is 0 Å². The minimum absolute atomic E-state index is 0.763. The van der Waals surface area contributed by atoms with Crippen molar-refractivity contribution in [3.8, 4) is 28.1 Å². The summed E-state index contributed by atoms with van der Waals surface area (Å²) < 4.78 is 5.67. The zero-order valence-corrected chi connectivity index (χ0v) is 17.9. The Morgan fingerprint density at radius 1 is 0.655 bits per heavy atom. The maximum absolute atomic E-state index is 5.67. The average molecular weight is 388 g/mol. The van der Waals surface area contributed by atoms with Crippen molar-refractivity contribution in [1.29, 1.82) is 0 Å². The predicted molar refractivity (Wildman–Crippen MR) is 123 cm³/mol. The normalized spacial score (nSPS) is 10.8. The van der Waals surface area contributed by atoms with E-state index >= 15 is 0 Å². The third-order valence-electron chi connectivity index (χ3n) is 5.23. The molecule has 0 saturated carbocycles. The van der Waals surface area contributed by atoms with E-state index in [1.165, 1.54) is 48.8 Å². The SMILES string of the molecule is CCCCCCCc1ccc(-c2ccc(-c3ccc(OCCC)cc3)cc2)nc1. The van der Waals surface area contributed by atoms with E-state index in [2.05, 4.69) is 62.4 Å². The van der Waals surface area contributed by atoms with Crippen LogP contribution in [0.5, 0.6) is 5.75 Å². The van der Waals surface area contributed by atoms with E-state index in [1.807, 2.05) is 18.3 Å². The molecule has 0 saturated heterocycles. The number of aryl methyl sites for hydroxylation is 1. The Balaban J connectivity index is 1.58. The molecular formula is C27H33NO. The van der Waals surface area contributed by atoms with Gasteiger partial charge in [-0.15, -0.1) is 0 Å². The molecule has 2 aromatic carbocycles. The number of hydrogen-bond donors (Lipinski definition) is 0. The van der Waals surface area contributed by atoms with Crippen molar-refractivity contribution in [3.05, 3.63) is 72.4 Å². The van der Waals surface area contributed by atoms with Gasteiger partial charge in [0.2, 0.25) is 0 Å². The molecule has 0 radical (unpaired) electrons. The van der Waals surface area contributed by atoms with Crippen molar-refractivity contribution in [2.24, 2.45) is 0 Å². The van der Waals surface area contributed by atoms with Gasteiger partial charge in [-0.2, -0.15) is 0 Å². The van der Waals surface area contributed by atoms with Gasteiger partial charge in [0.1, 0.15) is 5.75 Å². The van der Waals surface area contributed by atoms with Gasteiger partial charge in [0, 0.05) is 11.8 Å². The number of rotatable bonds is 11. The van der Waals surface area contributed by atoms with Gasteiger partial charge in [0.05, 0.1) is 12.3 Å². The van der Waals surface area contributed by atoms with Crippen molar-refractivity contribution in [3.63, 3.8) is 0 Å². The Labute approximate surface area is 176 Å². The molecule has 3 rings (SSSR count). The fourth-order valence-corrected chi connectivity index (χ4v) is 3.47. The van der Waals surface area contributed by atoms with Gasteiger partial charge in [0.15, 0.2) is 0 Å². The van der Waals surface area contributed by atoms with Crippen molar-refractivity contribution < 1.29 is 4.74 Å². The molecule has 0 bridgehead atoms. The highest BCUT2D eigenvalue weighted by Gasteiger charge is 2.03. The number of unbranched alkanes of at least 4 members (excludes halogenated alkanes) is 4. The van der Waals surface area contributed by atoms with Gasteiger partial charge in [-0.3, -0.25) is 4.98 Å². The van der Waals surface area contributed by atoms with Crippen LogP contribution in [0.25, 0.3) is 22.4 Å². The van der Waals surface area contributed by atoms with Gasteiger partial charge in [0.25, 0.3) is 0 Å². The molecule has 152 valence electrons. The monoisotopic (exact) mass is 387 g/mol. The number of hydrogen-bond acceptors (Lipinski definition) is 2. The number of pyridine rings is 1. The maximum Gasteiger partial charge on any atom is 0.119 e. The quantitative estimate of drug-likeness (QED) is 0.314. The lowest BCUT2D eigenvalue weighted by atomic mass is 10.0. The molecule has 0 aliphatic heterocycles. The largest absolute Gasteiger partial charge is 0.494 e. The Bertz CT molecular complexity index is 835. The van der Waals surface area contributed by atoms with Crippen molar-refractivity contribution in [2.75, 3.05) is 6.61 Å². The summed E-state index contributed by atoms with van der Waals surface area (Å²) >= 11 is 0. The molecular weight excluding hydrogens is 354 g/mol. The predicted octanol–water partition coefficient (Wildman–Crippen LogP) is 7.72. The Morgan fingerprint density at radius 3 is 1.93 bits per heavy atom. The molecule has 29 heavy (non-hydrogen) atoms. The summed E-state index contributed by atoms with van der Waals surface area (Å²) in [5.74, 6) is 0.932. The fraction of sp³-hybridized carbons (Fsp3) is 0.370. The Hall–Kier alpha value is -2.61. The van der Waals surface area contributed by atoms with Crippen molar-refractivity contribution in [1.82, 2.24) is 4.98 Å². The van der Waals surface area contributed by atoms with Crippen molar-refractivity contribution >= 4 is 0 Å². The summed E-state index contributed by atoms with van der Waals surface area (Å²) in [7, 11) is 0. The van der Waals surface area contributed by atoms with Gasteiger partial charge in [-0.1, -0.05) is 82.0 Å². The van der Waals surface area contributed by atoms with Gasteiger partial charge < -0.3 is 4.74 Å². The molecule has 0 spiro atoms. The van der Waals surface area contributed by atoms with Crippen LogP contribution in [0.2, 0.25) is 0 Å². The third-order valence-corrected chi connectivity index (χ3v) is 5.23. The van der Waals surface area contributed by atoms with E-state index in [4.69, 9.17) is 9.72 Å². The summed E-state index contributed by atoms with van der Waals surface area (Å²) in [5.41, 5.74) is 5.94. The molecule has 1 aromatic heterocycles. The summed E-state index contributed by atoms with van der Waals surface area (Å²) in [6.07, 6.45) is 10.8. The fourth-order valence-electron chi connectivity index (χ4n) is 3.47. The maximum atomic E-state index is 5.67. The lowest BCUT2D eigenvalue weighted by Gasteiger charge is -2.08. The average Bonchev–Trinajstić information content (AvgIpc) is 2.78. The molecule has 0 atom stereocenters. The van der Waals surface area contributed by atoms with E-state index in [1.54, 1.807) is 0 Å². The Morgan fingerprint density at radius 2 is 1.31 bits per heavy atom. The zero-order valence-electron chi connectivity index (χ0n) is 17.9. The number of aromatic nitrogens is 1. The first kappa shape index (κ1) is 21.1. The summed E-state index contributed by atoms with van der Waals surface area (Å²) in [4.78, 5) is 4.69. The van der Waals surface area contributed by atoms with Crippen LogP contribution >= 0.6 is 0 Å². The lowest BCUT2D eigenvalue weighted by molar-refractivity contribution is 0.317. The molecule has 2 heteroatoms. The van der Waals surface area contributed by atoms with Crippen LogP contribution in [0.3, 0.4) is 0 Å². The van der Waals surface area contributed by atoms with Crippen LogP contribution < -0.4 is 4.74 Å². The molecule has 0 aliphatic carbocycles. The highest BCUT2D eigenvalue weighted by molar-refractivity contribution is 5.69. The van der Waals surface area contributed by atoms with Crippen molar-refractivity contribution in [2.45, 2.75) is 58.8 Å². The van der Waals surface area contributed by atoms with Crippen LogP contribution in [0.4, 0.5) is 0 Å². The highest BCUT2D eigenvalue weighted by Crippen LogP contribution is 2.26. The molecule has 3 aromatic rings. The zero-order chi connectivity index (χ0) is 20.3. The van der Waals surface area contributed by atoms with E-state index < -0.39 is 0 Å². The van der Waals surface area contributed by atoms with E-state index in [-0.39, 0.29) is 0 Å². The minimum Gasteiger partial charge on any atom is -0.494 e. The minimum atomic E-state index is 0.763. The van der Waals surface area contributed by atoms with Crippen LogP contribution in [0, 0.1) is 0 Å². The molecule has 0 aliphatic rings. The van der Waals surface area contributed by atoms with E-state index in [0.29, 0.717) is 0 Å². The second kappa shape index (κ2) is 11.4. The highest BCUT2D eigenvalue weighted by atomic mass is 16.5. The molecule has 0 unspecified atom stereocenters. The summed E-state index contributed by atoms with van der Waals surface area (Å²) in [5, 5.41) is 0. The third kappa shape index (κ3) is 6.45. The van der Waals surface area contributed by atoms with Crippen LogP contribution in [0.15, 0.2) is 66.9 Å². The molecule has 0 fully saturated rings. The first-order chi connectivity index (χ1) is 14.3. The summed E-state index contributed by atoms with van der Waals surface area (Å²) in [6, 6.07) is 21.3. The van der Waals surface area contributed by atoms with Gasteiger partial charge in [-0.05, 0) is 54.2 Å². The lowest BCUT2D eigenvalue weighted by Crippen LogP contribution is -1.94. The number of ether oxygens (including phenoxy) is 1. The summed E-state index contributed by atoms with van der Waals surface area (Å²) in [6.45, 7) is 5.14. The smallest absolute Gasteiger partial charge is 0.119 e. The molecule has 2 nitrogen and oxygen atoms in total. The molecule has 0 N–H and O–H groups in total. The van der Waals surface area contributed by atoms with E-state index in [9.17, 15) is 0 Å². The Kier molecular flexibility index (Phi) is 8.30. The van der Waals surface area contributed by atoms with Crippen LogP contribution in [0.1, 0.15) is 57.9 Å². The molecule has 0 amide bonds. The first-order valence-corrected chi connectivity index (χ1v) is 11.1. The van der Waals surface area contributed by atoms with E-state index in [0.717, 1.165) is 36.5 Å². The standard InChI is InChI=1S/C27H33NO/c1-3-5-6-7-8-9-22-10-19-27(28-21-22)25-13-11-23(12-14-25)24-15-17-26(18-16-24)29-20-4-2/h10-19,21H,3-9,20H2,1-2H3. The van der Waals surface area contributed by atoms with Gasteiger partial charge in [-0.25, -0.2) is 0 Å². The number of nitrogens with zero attached hydrogens (tertiary/aromatic N) is 1. The van der Waals surface area contributed by atoms with Crippen LogP contribution in [-0.4, -0.2) is 11.6 Å².